The maximum absolute atomic E-state index is 14.4. The van der Waals surface area contributed by atoms with Gasteiger partial charge in [-0.2, -0.15) is 0 Å². The van der Waals surface area contributed by atoms with Crippen molar-refractivity contribution in [3.63, 3.8) is 0 Å². The zero-order valence-electron chi connectivity index (χ0n) is 25.4. The predicted octanol–water partition coefficient (Wildman–Crippen LogP) is 6.48. The molecule has 3 saturated carbocycles. The Balaban J connectivity index is 1.62. The summed E-state index contributed by atoms with van der Waals surface area (Å²) in [4.78, 5) is 44.7. The lowest BCUT2D eigenvalue weighted by atomic mass is 9.34. The number of ketones is 2. The molecular weight excluding hydrogens is 502 g/mol. The summed E-state index contributed by atoms with van der Waals surface area (Å²) in [5.41, 5.74) is -1.20. The average molecular weight is 548 g/mol. The molecule has 5 aliphatic carbocycles. The molecular formula is C33H45N3O4. The van der Waals surface area contributed by atoms with Gasteiger partial charge in [0.15, 0.2) is 11.6 Å². The zero-order valence-corrected chi connectivity index (χ0v) is 25.4. The summed E-state index contributed by atoms with van der Waals surface area (Å²) in [5, 5.41) is 15.0. The third kappa shape index (κ3) is 3.53. The van der Waals surface area contributed by atoms with Crippen LogP contribution in [0.5, 0.6) is 0 Å². The van der Waals surface area contributed by atoms with E-state index in [1.807, 2.05) is 32.9 Å². The molecule has 7 nitrogen and oxygen atoms in total. The molecule has 3 fully saturated rings. The highest BCUT2D eigenvalue weighted by molar-refractivity contribution is 6.03. The Morgan fingerprint density at radius 3 is 2.33 bits per heavy atom. The van der Waals surface area contributed by atoms with E-state index in [9.17, 15) is 14.4 Å². The highest BCUT2D eigenvalue weighted by Gasteiger charge is 2.69. The van der Waals surface area contributed by atoms with E-state index in [0.29, 0.717) is 6.42 Å². The number of nitrogens with one attached hydrogen (secondary N) is 1. The molecule has 0 spiro atoms. The Bertz CT molecular complexity index is 1340. The van der Waals surface area contributed by atoms with Gasteiger partial charge < -0.3 is 15.3 Å². The minimum Gasteiger partial charge on any atom is -0.409 e. The van der Waals surface area contributed by atoms with Gasteiger partial charge in [0.2, 0.25) is 11.6 Å². The van der Waals surface area contributed by atoms with Crippen LogP contribution in [0.3, 0.4) is 0 Å². The molecule has 5 aliphatic rings. The van der Waals surface area contributed by atoms with Crippen LogP contribution in [-0.4, -0.2) is 28.5 Å². The van der Waals surface area contributed by atoms with Gasteiger partial charge in [0, 0.05) is 22.2 Å². The van der Waals surface area contributed by atoms with Crippen LogP contribution in [0.25, 0.3) is 4.85 Å². The minimum atomic E-state index is -0.675. The number of rotatable bonds is 1. The van der Waals surface area contributed by atoms with Gasteiger partial charge in [0.05, 0.1) is 6.57 Å². The van der Waals surface area contributed by atoms with Crippen molar-refractivity contribution in [3.05, 3.63) is 34.8 Å². The molecule has 1 amide bonds. The fraction of sp³-hybridized carbons (Fsp3) is 0.727. The first kappa shape index (κ1) is 28.8. The normalized spacial score (nSPS) is 46.0. The number of allylic oxidation sites excluding steroid dienone is 4. The summed E-state index contributed by atoms with van der Waals surface area (Å²) in [6.45, 7) is 24.3. The molecule has 0 bridgehead atoms. The molecule has 0 saturated heterocycles. The van der Waals surface area contributed by atoms with Crippen molar-refractivity contribution in [2.45, 2.75) is 100 Å². The van der Waals surface area contributed by atoms with Gasteiger partial charge in [0.25, 0.3) is 0 Å². The fourth-order valence-corrected chi connectivity index (χ4v) is 10.2. The Morgan fingerprint density at radius 1 is 1.05 bits per heavy atom. The van der Waals surface area contributed by atoms with Crippen molar-refractivity contribution >= 4 is 23.3 Å². The van der Waals surface area contributed by atoms with E-state index in [2.05, 4.69) is 43.0 Å². The number of carbonyl (C=O) groups is 3. The minimum absolute atomic E-state index is 0.0252. The fourth-order valence-electron chi connectivity index (χ4n) is 10.2. The van der Waals surface area contributed by atoms with E-state index in [4.69, 9.17) is 11.8 Å². The van der Waals surface area contributed by atoms with Crippen LogP contribution < -0.4 is 5.32 Å². The number of hydrogen-bond donors (Lipinski definition) is 2. The Morgan fingerprint density at radius 2 is 1.70 bits per heavy atom. The average Bonchev–Trinajstić information content (AvgIpc) is 2.88. The molecule has 2 N–H and O–H groups in total. The van der Waals surface area contributed by atoms with E-state index < -0.39 is 16.2 Å². The van der Waals surface area contributed by atoms with Gasteiger partial charge in [-0.3, -0.25) is 9.59 Å². The maximum atomic E-state index is 14.4. The van der Waals surface area contributed by atoms with Crippen molar-refractivity contribution in [3.8, 4) is 0 Å². The molecule has 0 aliphatic heterocycles. The quantitative estimate of drug-likeness (QED) is 0.129. The maximum Gasteiger partial charge on any atom is 0.231 e. The Hall–Kier alpha value is -2.75. The monoisotopic (exact) mass is 547 g/mol. The van der Waals surface area contributed by atoms with Crippen LogP contribution >= 0.6 is 0 Å². The predicted molar refractivity (Wildman–Crippen MR) is 153 cm³/mol. The first-order valence-corrected chi connectivity index (χ1v) is 14.9. The van der Waals surface area contributed by atoms with Crippen LogP contribution in [0, 0.1) is 56.8 Å². The highest BCUT2D eigenvalue weighted by Crippen LogP contribution is 2.74. The largest absolute Gasteiger partial charge is 0.409 e. The molecule has 0 aromatic heterocycles. The number of hydrogen-bond acceptors (Lipinski definition) is 5. The van der Waals surface area contributed by atoms with E-state index >= 15 is 0 Å². The first-order valence-electron chi connectivity index (χ1n) is 14.9. The van der Waals surface area contributed by atoms with Crippen LogP contribution in [0.1, 0.15) is 100 Å². The lowest BCUT2D eigenvalue weighted by molar-refractivity contribution is -0.172. The van der Waals surface area contributed by atoms with Crippen molar-refractivity contribution in [1.82, 2.24) is 5.32 Å². The molecule has 0 unspecified atom stereocenters. The number of amidine groups is 1. The number of amides is 1. The lowest BCUT2D eigenvalue weighted by Crippen LogP contribution is -2.65. The molecule has 8 atom stereocenters. The summed E-state index contributed by atoms with van der Waals surface area (Å²) in [6.07, 6.45) is 9.71. The molecule has 0 aromatic rings. The molecule has 0 radical (unpaired) electrons. The molecule has 0 aromatic carbocycles. The second-order valence-corrected chi connectivity index (χ2v) is 15.4. The van der Waals surface area contributed by atoms with Crippen molar-refractivity contribution in [2.75, 3.05) is 0 Å². The smallest absolute Gasteiger partial charge is 0.231 e. The van der Waals surface area contributed by atoms with E-state index in [-0.39, 0.29) is 63.0 Å². The van der Waals surface area contributed by atoms with Gasteiger partial charge >= 0.3 is 0 Å². The third-order valence-corrected chi connectivity index (χ3v) is 13.0. The van der Waals surface area contributed by atoms with E-state index in [1.165, 1.54) is 0 Å². The number of fused-ring (bicyclic) bond motifs is 7. The van der Waals surface area contributed by atoms with Gasteiger partial charge in [0.1, 0.15) is 5.84 Å². The van der Waals surface area contributed by atoms with Crippen molar-refractivity contribution < 1.29 is 19.6 Å². The third-order valence-electron chi connectivity index (χ3n) is 13.0. The van der Waals surface area contributed by atoms with Gasteiger partial charge in [-0.25, -0.2) is 4.85 Å². The van der Waals surface area contributed by atoms with Crippen LogP contribution in [0.15, 0.2) is 28.6 Å². The van der Waals surface area contributed by atoms with Crippen LogP contribution in [0.2, 0.25) is 0 Å². The SMILES string of the molecule is [C-]#[N+]C1=C[C@]2(C)C3=CC(=O)[C@@H]4[C@@H]5C[C@@](C)(C(=O)N/C(C)=N\O)CC[C@]5(C)CC[C@@]4(C)[C@]3(C)CC[C@H]2C(C)(C)C1=O. The molecule has 216 valence electrons. The van der Waals surface area contributed by atoms with Crippen LogP contribution in [0.4, 0.5) is 0 Å². The van der Waals surface area contributed by atoms with Gasteiger partial charge in [-0.1, -0.05) is 65.3 Å². The Labute approximate surface area is 238 Å². The molecule has 7 heteroatoms. The molecule has 5 rings (SSSR count). The Kier molecular flexibility index (Phi) is 6.21. The van der Waals surface area contributed by atoms with Crippen LogP contribution in [-0.2, 0) is 14.4 Å². The summed E-state index contributed by atoms with van der Waals surface area (Å²) < 4.78 is 0. The topological polar surface area (TPSA) is 100 Å². The van der Waals surface area contributed by atoms with Crippen molar-refractivity contribution in [2.24, 2.45) is 55.4 Å². The molecule has 0 heterocycles. The van der Waals surface area contributed by atoms with Gasteiger partial charge in [-0.15, -0.1) is 0 Å². The van der Waals surface area contributed by atoms with Gasteiger partial charge in [-0.05, 0) is 86.0 Å². The number of nitrogens with zero attached hydrogens (tertiary/aromatic N) is 2. The van der Waals surface area contributed by atoms with E-state index in [1.54, 1.807) is 6.92 Å². The highest BCUT2D eigenvalue weighted by atomic mass is 16.4. The second kappa shape index (κ2) is 8.63. The summed E-state index contributed by atoms with van der Waals surface area (Å²) in [7, 11) is 0. The number of oxime groups is 1. The van der Waals surface area contributed by atoms with E-state index in [0.717, 1.165) is 44.1 Å². The number of carbonyl (C=O) groups excluding carboxylic acids is 3. The summed E-state index contributed by atoms with van der Waals surface area (Å²) in [6, 6.07) is 0. The standard InChI is InChI=1S/C33H45N3O4/c1-19(36-40)35-27(39)30(5)13-12-29(4)14-15-33(8)25(20(29)17-30)22(37)16-24-31(6)18-21(34-9)26(38)28(2,3)23(31)10-11-32(24,33)7/h16,18,20,23,25,40H,10-15,17H2,1-8H3,(H,35,36,39)/t20-,23-,25-,29+,30-,31-,32+,33+/m0/s1. The summed E-state index contributed by atoms with van der Waals surface area (Å²) in [5.74, 6) is -0.0594. The molecule has 40 heavy (non-hydrogen) atoms. The number of Topliss-reactive ketones (excluding diaryl/α,β-unsaturated/α-hetero) is 1. The first-order chi connectivity index (χ1) is 18.4. The zero-order chi connectivity index (χ0) is 29.7. The van der Waals surface area contributed by atoms with Crippen molar-refractivity contribution in [1.29, 1.82) is 0 Å². The second-order valence-electron chi connectivity index (χ2n) is 15.4. The lowest BCUT2D eigenvalue weighted by Gasteiger charge is -2.69. The summed E-state index contributed by atoms with van der Waals surface area (Å²) >= 11 is 0.